The minimum absolute atomic E-state index is 0.170. The molecule has 1 heterocycles. The second-order valence-corrected chi connectivity index (χ2v) is 6.02. The molecular formula is C16H21NO2. The molecule has 3 heteroatoms. The number of rotatable bonds is 1. The molecule has 1 N–H and O–H groups in total. The molecule has 1 aromatic rings. The van der Waals surface area contributed by atoms with Gasteiger partial charge in [0.15, 0.2) is 0 Å². The van der Waals surface area contributed by atoms with E-state index in [9.17, 15) is 9.59 Å². The van der Waals surface area contributed by atoms with Crippen LogP contribution in [0.15, 0.2) is 6.07 Å². The number of aryl methyl sites for hydroxylation is 2. The number of nitrogens with one attached hydrogen (secondary N) is 1. The third-order valence-electron chi connectivity index (χ3n) is 4.35. The van der Waals surface area contributed by atoms with Crippen LogP contribution in [0, 0.1) is 27.7 Å². The normalized spacial score (nSPS) is 18.4. The van der Waals surface area contributed by atoms with Crippen molar-refractivity contribution in [3.63, 3.8) is 0 Å². The van der Waals surface area contributed by atoms with Crippen molar-refractivity contribution in [1.82, 2.24) is 5.32 Å². The van der Waals surface area contributed by atoms with Crippen molar-refractivity contribution < 1.29 is 9.59 Å². The summed E-state index contributed by atoms with van der Waals surface area (Å²) in [6, 6.07) is 2.17. The van der Waals surface area contributed by atoms with Crippen LogP contribution in [0.2, 0.25) is 0 Å². The van der Waals surface area contributed by atoms with Gasteiger partial charge >= 0.3 is 0 Å². The molecule has 2 amide bonds. The van der Waals surface area contributed by atoms with Gasteiger partial charge in [0.1, 0.15) is 0 Å². The molecule has 0 spiro atoms. The monoisotopic (exact) mass is 259 g/mol. The lowest BCUT2D eigenvalue weighted by atomic mass is 9.70. The Morgan fingerprint density at radius 2 is 1.37 bits per heavy atom. The first-order valence-corrected chi connectivity index (χ1v) is 6.65. The maximum Gasteiger partial charge on any atom is 0.227 e. The third-order valence-corrected chi connectivity index (χ3v) is 4.35. The van der Waals surface area contributed by atoms with E-state index in [0.717, 1.165) is 0 Å². The molecule has 1 fully saturated rings. The smallest absolute Gasteiger partial charge is 0.227 e. The molecule has 102 valence electrons. The summed E-state index contributed by atoms with van der Waals surface area (Å²) in [4.78, 5) is 23.4. The van der Waals surface area contributed by atoms with Gasteiger partial charge < -0.3 is 0 Å². The number of hydrogen-bond acceptors (Lipinski definition) is 2. The number of piperidine rings is 1. The van der Waals surface area contributed by atoms with Gasteiger partial charge in [-0.2, -0.15) is 0 Å². The Morgan fingerprint density at radius 3 is 1.79 bits per heavy atom. The van der Waals surface area contributed by atoms with E-state index in [2.05, 4.69) is 39.1 Å². The second-order valence-electron chi connectivity index (χ2n) is 6.02. The molecule has 0 radical (unpaired) electrons. The van der Waals surface area contributed by atoms with Gasteiger partial charge in [-0.25, -0.2) is 0 Å². The highest BCUT2D eigenvalue weighted by Crippen LogP contribution is 2.39. The second kappa shape index (κ2) is 4.48. The fraction of sp³-hybridized carbons (Fsp3) is 0.500. The standard InChI is InChI=1S/C16H21NO2/c1-9-6-10(2)12(4)15(11(9)3)16(5)7-13(18)17-14(19)8-16/h6H,7-8H2,1-5H3,(H,17,18,19). The minimum atomic E-state index is -0.385. The lowest BCUT2D eigenvalue weighted by molar-refractivity contribution is -0.135. The van der Waals surface area contributed by atoms with Crippen molar-refractivity contribution >= 4 is 11.8 Å². The molecule has 0 saturated carbocycles. The predicted octanol–water partition coefficient (Wildman–Crippen LogP) is 2.61. The Hall–Kier alpha value is -1.64. The summed E-state index contributed by atoms with van der Waals surface area (Å²) in [5, 5.41) is 2.39. The van der Waals surface area contributed by atoms with E-state index in [1.54, 1.807) is 0 Å². The van der Waals surface area contributed by atoms with Gasteiger partial charge in [-0.3, -0.25) is 14.9 Å². The van der Waals surface area contributed by atoms with Crippen molar-refractivity contribution in [2.24, 2.45) is 0 Å². The number of imide groups is 1. The van der Waals surface area contributed by atoms with Crippen LogP contribution in [-0.4, -0.2) is 11.8 Å². The molecule has 0 atom stereocenters. The Labute approximate surface area is 114 Å². The molecule has 1 aliphatic rings. The molecule has 0 aliphatic carbocycles. The lowest BCUT2D eigenvalue weighted by Crippen LogP contribution is -2.46. The summed E-state index contributed by atoms with van der Waals surface area (Å²) in [5.41, 5.74) is 5.63. The van der Waals surface area contributed by atoms with Crippen LogP contribution in [0.25, 0.3) is 0 Å². The molecular weight excluding hydrogens is 238 g/mol. The fourth-order valence-electron chi connectivity index (χ4n) is 3.31. The van der Waals surface area contributed by atoms with Crippen molar-refractivity contribution in [2.45, 2.75) is 52.9 Å². The number of hydrogen-bond donors (Lipinski definition) is 1. The van der Waals surface area contributed by atoms with Crippen LogP contribution in [0.4, 0.5) is 0 Å². The van der Waals surface area contributed by atoms with Crippen LogP contribution in [0.1, 0.15) is 47.6 Å². The largest absolute Gasteiger partial charge is 0.296 e. The summed E-state index contributed by atoms with van der Waals surface area (Å²) in [6.45, 7) is 10.4. The zero-order valence-corrected chi connectivity index (χ0v) is 12.3. The van der Waals surface area contributed by atoms with Crippen LogP contribution in [0.3, 0.4) is 0 Å². The van der Waals surface area contributed by atoms with Crippen molar-refractivity contribution in [3.05, 3.63) is 33.9 Å². The molecule has 0 bridgehead atoms. The summed E-state index contributed by atoms with van der Waals surface area (Å²) in [5.74, 6) is -0.339. The first-order chi connectivity index (χ1) is 8.74. The fourth-order valence-corrected chi connectivity index (χ4v) is 3.31. The molecule has 1 saturated heterocycles. The lowest BCUT2D eigenvalue weighted by Gasteiger charge is -2.36. The van der Waals surface area contributed by atoms with E-state index in [-0.39, 0.29) is 17.2 Å². The Balaban J connectivity index is 2.63. The van der Waals surface area contributed by atoms with Gasteiger partial charge in [-0.1, -0.05) is 13.0 Å². The van der Waals surface area contributed by atoms with Gasteiger partial charge in [-0.15, -0.1) is 0 Å². The zero-order chi connectivity index (χ0) is 14.4. The van der Waals surface area contributed by atoms with Gasteiger partial charge in [0.25, 0.3) is 0 Å². The van der Waals surface area contributed by atoms with Crippen molar-refractivity contribution in [1.29, 1.82) is 0 Å². The number of benzene rings is 1. The highest BCUT2D eigenvalue weighted by Gasteiger charge is 2.39. The SMILES string of the molecule is Cc1cc(C)c(C)c(C2(C)CC(=O)NC(=O)C2)c1C. The highest BCUT2D eigenvalue weighted by molar-refractivity contribution is 5.99. The minimum Gasteiger partial charge on any atom is -0.296 e. The topological polar surface area (TPSA) is 46.2 Å². The quantitative estimate of drug-likeness (QED) is 0.788. The Bertz CT molecular complexity index is 530. The van der Waals surface area contributed by atoms with E-state index < -0.39 is 0 Å². The highest BCUT2D eigenvalue weighted by atomic mass is 16.2. The van der Waals surface area contributed by atoms with E-state index in [1.165, 1.54) is 27.8 Å². The summed E-state index contributed by atoms with van der Waals surface area (Å²) in [7, 11) is 0. The van der Waals surface area contributed by atoms with Crippen molar-refractivity contribution in [3.8, 4) is 0 Å². The van der Waals surface area contributed by atoms with Crippen LogP contribution < -0.4 is 5.32 Å². The maximum atomic E-state index is 11.7. The number of amides is 2. The zero-order valence-electron chi connectivity index (χ0n) is 12.3. The molecule has 1 aromatic carbocycles. The van der Waals surface area contributed by atoms with E-state index in [1.807, 2.05) is 6.92 Å². The average Bonchev–Trinajstić information content (AvgIpc) is 2.24. The summed E-state index contributed by atoms with van der Waals surface area (Å²) < 4.78 is 0. The number of carbonyl (C=O) groups is 2. The molecule has 2 rings (SSSR count). The summed E-state index contributed by atoms with van der Waals surface area (Å²) >= 11 is 0. The number of carbonyl (C=O) groups excluding carboxylic acids is 2. The molecule has 1 aliphatic heterocycles. The third kappa shape index (κ3) is 2.29. The van der Waals surface area contributed by atoms with Gasteiger partial charge in [0.2, 0.25) is 11.8 Å². The van der Waals surface area contributed by atoms with E-state index >= 15 is 0 Å². The average molecular weight is 259 g/mol. The Morgan fingerprint density at radius 1 is 0.947 bits per heavy atom. The van der Waals surface area contributed by atoms with Crippen molar-refractivity contribution in [2.75, 3.05) is 0 Å². The molecule has 0 aromatic heterocycles. The maximum absolute atomic E-state index is 11.7. The first-order valence-electron chi connectivity index (χ1n) is 6.65. The first kappa shape index (κ1) is 13.8. The summed E-state index contributed by atoms with van der Waals surface area (Å²) in [6.07, 6.45) is 0.757. The van der Waals surface area contributed by atoms with Gasteiger partial charge in [-0.05, 0) is 55.5 Å². The van der Waals surface area contributed by atoms with Crippen LogP contribution in [0.5, 0.6) is 0 Å². The van der Waals surface area contributed by atoms with E-state index in [0.29, 0.717) is 12.8 Å². The predicted molar refractivity (Wildman–Crippen MR) is 75.1 cm³/mol. The Kier molecular flexibility index (Phi) is 3.25. The molecule has 19 heavy (non-hydrogen) atoms. The van der Waals surface area contributed by atoms with Crippen LogP contribution >= 0.6 is 0 Å². The van der Waals surface area contributed by atoms with E-state index in [4.69, 9.17) is 0 Å². The molecule has 3 nitrogen and oxygen atoms in total. The van der Waals surface area contributed by atoms with Crippen LogP contribution in [-0.2, 0) is 15.0 Å². The van der Waals surface area contributed by atoms with Gasteiger partial charge in [0, 0.05) is 18.3 Å². The molecule has 0 unspecified atom stereocenters. The van der Waals surface area contributed by atoms with Gasteiger partial charge in [0.05, 0.1) is 0 Å².